The Labute approximate surface area is 148 Å². The molecular formula is C20H23N5. The third-order valence-electron chi connectivity index (χ3n) is 4.79. The average Bonchev–Trinajstić information content (AvgIpc) is 3.13. The van der Waals surface area contributed by atoms with Gasteiger partial charge in [-0.2, -0.15) is 5.10 Å². The zero-order valence-electron chi connectivity index (χ0n) is 14.5. The van der Waals surface area contributed by atoms with Gasteiger partial charge in [0.1, 0.15) is 5.82 Å². The SMILES string of the molecule is Cc1cc(CN2CCCC(c3nc(-c4ccccc4)n[nH]3)C2)ccn1. The fourth-order valence-corrected chi connectivity index (χ4v) is 3.56. The van der Waals surface area contributed by atoms with Gasteiger partial charge in [0, 0.05) is 36.5 Å². The molecular weight excluding hydrogens is 310 g/mol. The molecule has 3 heterocycles. The van der Waals surface area contributed by atoms with E-state index in [0.717, 1.165) is 49.0 Å². The number of nitrogens with zero attached hydrogens (tertiary/aromatic N) is 4. The van der Waals surface area contributed by atoms with Crippen LogP contribution in [0.25, 0.3) is 11.4 Å². The van der Waals surface area contributed by atoms with Crippen LogP contribution in [0.15, 0.2) is 48.7 Å². The Morgan fingerprint density at radius 1 is 1.20 bits per heavy atom. The number of likely N-dealkylation sites (tertiary alicyclic amines) is 1. The molecule has 0 spiro atoms. The van der Waals surface area contributed by atoms with E-state index in [0.29, 0.717) is 5.92 Å². The third kappa shape index (κ3) is 3.77. The van der Waals surface area contributed by atoms with Crippen molar-refractivity contribution in [2.45, 2.75) is 32.2 Å². The molecule has 1 fully saturated rings. The lowest BCUT2D eigenvalue weighted by molar-refractivity contribution is 0.196. The van der Waals surface area contributed by atoms with E-state index >= 15 is 0 Å². The van der Waals surface area contributed by atoms with E-state index in [1.165, 1.54) is 12.0 Å². The van der Waals surface area contributed by atoms with Crippen molar-refractivity contribution >= 4 is 0 Å². The second-order valence-electron chi connectivity index (χ2n) is 6.79. The fourth-order valence-electron chi connectivity index (χ4n) is 3.56. The largest absolute Gasteiger partial charge is 0.298 e. The molecule has 0 saturated carbocycles. The molecule has 5 nitrogen and oxygen atoms in total. The molecule has 5 heteroatoms. The van der Waals surface area contributed by atoms with E-state index in [4.69, 9.17) is 4.98 Å². The van der Waals surface area contributed by atoms with Crippen molar-refractivity contribution in [2.75, 3.05) is 13.1 Å². The second-order valence-corrected chi connectivity index (χ2v) is 6.79. The summed E-state index contributed by atoms with van der Waals surface area (Å²) in [6, 6.07) is 14.4. The molecule has 1 aliphatic heterocycles. The smallest absolute Gasteiger partial charge is 0.181 e. The van der Waals surface area contributed by atoms with E-state index in [2.05, 4.69) is 32.2 Å². The zero-order valence-corrected chi connectivity index (χ0v) is 14.5. The minimum Gasteiger partial charge on any atom is -0.298 e. The third-order valence-corrected chi connectivity index (χ3v) is 4.79. The molecule has 1 N–H and O–H groups in total. The van der Waals surface area contributed by atoms with E-state index in [9.17, 15) is 0 Å². The first kappa shape index (κ1) is 16.0. The lowest BCUT2D eigenvalue weighted by Crippen LogP contribution is -2.34. The van der Waals surface area contributed by atoms with E-state index < -0.39 is 0 Å². The number of aryl methyl sites for hydroxylation is 1. The molecule has 1 atom stereocenters. The molecule has 2 aromatic heterocycles. The van der Waals surface area contributed by atoms with Crippen molar-refractivity contribution < 1.29 is 0 Å². The highest BCUT2D eigenvalue weighted by atomic mass is 15.2. The number of H-pyrrole nitrogens is 1. The lowest BCUT2D eigenvalue weighted by atomic mass is 9.97. The normalized spacial score (nSPS) is 18.4. The van der Waals surface area contributed by atoms with E-state index in [1.54, 1.807) is 0 Å². The summed E-state index contributed by atoms with van der Waals surface area (Å²) in [6.07, 6.45) is 4.25. The fraction of sp³-hybridized carbons (Fsp3) is 0.350. The van der Waals surface area contributed by atoms with Gasteiger partial charge >= 0.3 is 0 Å². The molecule has 0 bridgehead atoms. The number of aromatic amines is 1. The van der Waals surface area contributed by atoms with Gasteiger partial charge in [0.25, 0.3) is 0 Å². The summed E-state index contributed by atoms with van der Waals surface area (Å²) in [6.45, 7) is 5.17. The first-order valence-electron chi connectivity index (χ1n) is 8.89. The Morgan fingerprint density at radius 2 is 2.08 bits per heavy atom. The van der Waals surface area contributed by atoms with Crippen LogP contribution in [0, 0.1) is 6.92 Å². The van der Waals surface area contributed by atoms with Crippen LogP contribution < -0.4 is 0 Å². The second kappa shape index (κ2) is 7.15. The van der Waals surface area contributed by atoms with Crippen LogP contribution in [0.3, 0.4) is 0 Å². The van der Waals surface area contributed by atoms with Gasteiger partial charge < -0.3 is 0 Å². The summed E-state index contributed by atoms with van der Waals surface area (Å²) < 4.78 is 0. The van der Waals surface area contributed by atoms with Crippen molar-refractivity contribution in [2.24, 2.45) is 0 Å². The Hall–Kier alpha value is -2.53. The van der Waals surface area contributed by atoms with E-state index in [-0.39, 0.29) is 0 Å². The van der Waals surface area contributed by atoms with Crippen LogP contribution in [0.2, 0.25) is 0 Å². The maximum absolute atomic E-state index is 4.76. The molecule has 1 aliphatic rings. The van der Waals surface area contributed by atoms with Crippen LogP contribution in [0.4, 0.5) is 0 Å². The summed E-state index contributed by atoms with van der Waals surface area (Å²) in [5.41, 5.74) is 3.47. The minimum atomic E-state index is 0.418. The number of pyridine rings is 1. The molecule has 0 aliphatic carbocycles. The maximum atomic E-state index is 4.76. The van der Waals surface area contributed by atoms with Crippen LogP contribution in [-0.4, -0.2) is 38.2 Å². The highest BCUT2D eigenvalue weighted by molar-refractivity contribution is 5.53. The molecule has 0 amide bonds. The molecule has 25 heavy (non-hydrogen) atoms. The molecule has 1 aromatic carbocycles. The van der Waals surface area contributed by atoms with Gasteiger partial charge in [0.2, 0.25) is 0 Å². The van der Waals surface area contributed by atoms with Crippen molar-refractivity contribution in [1.82, 2.24) is 25.1 Å². The van der Waals surface area contributed by atoms with Gasteiger partial charge in [-0.05, 0) is 44.0 Å². The molecule has 4 rings (SSSR count). The molecule has 128 valence electrons. The summed E-state index contributed by atoms with van der Waals surface area (Å²) in [4.78, 5) is 11.5. The summed E-state index contributed by atoms with van der Waals surface area (Å²) in [7, 11) is 0. The molecule has 0 radical (unpaired) electrons. The molecule has 1 unspecified atom stereocenters. The van der Waals surface area contributed by atoms with Crippen LogP contribution >= 0.6 is 0 Å². The van der Waals surface area contributed by atoms with Crippen LogP contribution in [-0.2, 0) is 6.54 Å². The molecule has 3 aromatic rings. The van der Waals surface area contributed by atoms with Gasteiger partial charge in [-0.1, -0.05) is 30.3 Å². The van der Waals surface area contributed by atoms with E-state index in [1.807, 2.05) is 43.5 Å². The van der Waals surface area contributed by atoms with Crippen molar-refractivity contribution in [3.8, 4) is 11.4 Å². The minimum absolute atomic E-state index is 0.418. The first-order chi connectivity index (χ1) is 12.3. The maximum Gasteiger partial charge on any atom is 0.181 e. The topological polar surface area (TPSA) is 57.7 Å². The Bertz CT molecular complexity index is 827. The summed E-state index contributed by atoms with van der Waals surface area (Å²) >= 11 is 0. The quantitative estimate of drug-likeness (QED) is 0.793. The number of hydrogen-bond acceptors (Lipinski definition) is 4. The predicted molar refractivity (Wildman–Crippen MR) is 98.0 cm³/mol. The number of rotatable bonds is 4. The number of piperidine rings is 1. The number of nitrogens with one attached hydrogen (secondary N) is 1. The Balaban J connectivity index is 1.45. The van der Waals surface area contributed by atoms with Crippen molar-refractivity contribution in [3.63, 3.8) is 0 Å². The Kier molecular flexibility index (Phi) is 4.57. The first-order valence-corrected chi connectivity index (χ1v) is 8.89. The van der Waals surface area contributed by atoms with Gasteiger partial charge in [-0.25, -0.2) is 4.98 Å². The summed E-state index contributed by atoms with van der Waals surface area (Å²) in [5, 5.41) is 7.59. The number of benzene rings is 1. The van der Waals surface area contributed by atoms with Gasteiger partial charge in [0.15, 0.2) is 5.82 Å². The van der Waals surface area contributed by atoms with Crippen molar-refractivity contribution in [1.29, 1.82) is 0 Å². The standard InChI is InChI=1S/C20H23N5/c1-15-12-16(9-10-21-15)13-25-11-5-8-18(14-25)20-22-19(23-24-20)17-6-3-2-4-7-17/h2-4,6-7,9-10,12,18H,5,8,11,13-14H2,1H3,(H,22,23,24). The zero-order chi connectivity index (χ0) is 17.1. The lowest BCUT2D eigenvalue weighted by Gasteiger charge is -2.31. The molecule has 1 saturated heterocycles. The van der Waals surface area contributed by atoms with Gasteiger partial charge in [-0.15, -0.1) is 0 Å². The highest BCUT2D eigenvalue weighted by Crippen LogP contribution is 2.27. The Morgan fingerprint density at radius 3 is 2.92 bits per heavy atom. The van der Waals surface area contributed by atoms with Crippen molar-refractivity contribution in [3.05, 3.63) is 65.7 Å². The van der Waals surface area contributed by atoms with Gasteiger partial charge in [-0.3, -0.25) is 15.0 Å². The summed E-state index contributed by atoms with van der Waals surface area (Å²) in [5.74, 6) is 2.22. The van der Waals surface area contributed by atoms with Crippen LogP contribution in [0.1, 0.15) is 35.8 Å². The average molecular weight is 333 g/mol. The monoisotopic (exact) mass is 333 g/mol. The van der Waals surface area contributed by atoms with Gasteiger partial charge in [0.05, 0.1) is 0 Å². The number of aromatic nitrogens is 4. The number of hydrogen-bond donors (Lipinski definition) is 1. The highest BCUT2D eigenvalue weighted by Gasteiger charge is 2.24. The van der Waals surface area contributed by atoms with Crippen LogP contribution in [0.5, 0.6) is 0 Å². The predicted octanol–water partition coefficient (Wildman–Crippen LogP) is 3.55.